The number of carbonyl (C=O) groups excluding carboxylic acids is 1. The second-order valence-electron chi connectivity index (χ2n) is 5.74. The van der Waals surface area contributed by atoms with Crippen molar-refractivity contribution in [2.45, 2.75) is 31.6 Å². The summed E-state index contributed by atoms with van der Waals surface area (Å²) in [4.78, 5) is 13.0. The number of carbonyl (C=O) groups is 1. The molecule has 1 N–H and O–H groups in total. The molecule has 0 bridgehead atoms. The lowest BCUT2D eigenvalue weighted by Gasteiger charge is -2.38. The Morgan fingerprint density at radius 3 is 2.55 bits per heavy atom. The van der Waals surface area contributed by atoms with Crippen LogP contribution in [0.15, 0.2) is 30.3 Å². The molecule has 1 saturated heterocycles. The molecule has 1 heterocycles. The Morgan fingerprint density at radius 2 is 1.95 bits per heavy atom. The van der Waals surface area contributed by atoms with Crippen molar-refractivity contribution in [1.29, 1.82) is 0 Å². The summed E-state index contributed by atoms with van der Waals surface area (Å²) < 4.78 is 5.12. The molecule has 110 valence electrons. The highest BCUT2D eigenvalue weighted by Gasteiger charge is 2.42. The second kappa shape index (κ2) is 7.00. The largest absolute Gasteiger partial charge is 0.385 e. The zero-order valence-corrected chi connectivity index (χ0v) is 12.5. The number of methoxy groups -OCH3 is 1. The molecular formula is C17H25NO2. The van der Waals surface area contributed by atoms with Crippen LogP contribution in [-0.2, 0) is 14.9 Å². The van der Waals surface area contributed by atoms with Gasteiger partial charge in [0, 0.05) is 19.6 Å². The lowest BCUT2D eigenvalue weighted by molar-refractivity contribution is -0.129. The third-order valence-electron chi connectivity index (χ3n) is 4.46. The SMILES string of the molecule is COCCC(C)C(=O)C1(c2ccccc2)CCNCC1. The van der Waals surface area contributed by atoms with Crippen LogP contribution in [0.2, 0.25) is 0 Å². The van der Waals surface area contributed by atoms with Gasteiger partial charge in [-0.1, -0.05) is 37.3 Å². The van der Waals surface area contributed by atoms with Gasteiger partial charge in [0.15, 0.2) is 0 Å². The van der Waals surface area contributed by atoms with Gasteiger partial charge in [-0.05, 0) is 37.9 Å². The predicted octanol–water partition coefficient (Wildman–Crippen LogP) is 2.55. The summed E-state index contributed by atoms with van der Waals surface area (Å²) in [5, 5.41) is 3.37. The van der Waals surface area contributed by atoms with Crippen molar-refractivity contribution in [3.8, 4) is 0 Å². The molecule has 0 spiro atoms. The zero-order valence-electron chi connectivity index (χ0n) is 12.5. The van der Waals surface area contributed by atoms with E-state index < -0.39 is 0 Å². The fourth-order valence-corrected chi connectivity index (χ4v) is 3.19. The molecule has 1 aromatic carbocycles. The van der Waals surface area contributed by atoms with Crippen molar-refractivity contribution < 1.29 is 9.53 Å². The quantitative estimate of drug-likeness (QED) is 0.867. The number of ether oxygens (including phenoxy) is 1. The van der Waals surface area contributed by atoms with Gasteiger partial charge in [0.1, 0.15) is 5.78 Å². The lowest BCUT2D eigenvalue weighted by atomic mass is 9.67. The standard InChI is InChI=1S/C17H25NO2/c1-14(8-13-20-2)16(19)17(9-11-18-12-10-17)15-6-4-3-5-7-15/h3-7,14,18H,8-13H2,1-2H3. The lowest BCUT2D eigenvalue weighted by Crippen LogP contribution is -2.47. The summed E-state index contributed by atoms with van der Waals surface area (Å²) in [6.07, 6.45) is 2.59. The van der Waals surface area contributed by atoms with E-state index in [1.165, 1.54) is 5.56 Å². The van der Waals surface area contributed by atoms with E-state index in [2.05, 4.69) is 17.4 Å². The molecule has 2 rings (SSSR count). The van der Waals surface area contributed by atoms with Crippen LogP contribution in [0.25, 0.3) is 0 Å². The number of hydrogen-bond acceptors (Lipinski definition) is 3. The average molecular weight is 275 g/mol. The van der Waals surface area contributed by atoms with Crippen molar-refractivity contribution in [3.05, 3.63) is 35.9 Å². The molecule has 1 atom stereocenters. The maximum Gasteiger partial charge on any atom is 0.146 e. The van der Waals surface area contributed by atoms with E-state index in [1.54, 1.807) is 7.11 Å². The van der Waals surface area contributed by atoms with Gasteiger partial charge in [0.2, 0.25) is 0 Å². The van der Waals surface area contributed by atoms with Crippen molar-refractivity contribution in [2.24, 2.45) is 5.92 Å². The van der Waals surface area contributed by atoms with Gasteiger partial charge in [-0.3, -0.25) is 4.79 Å². The van der Waals surface area contributed by atoms with E-state index >= 15 is 0 Å². The summed E-state index contributed by atoms with van der Waals surface area (Å²) in [5.41, 5.74) is 0.871. The Kier molecular flexibility index (Phi) is 5.32. The first-order valence-corrected chi connectivity index (χ1v) is 7.50. The maximum atomic E-state index is 13.0. The molecule has 3 heteroatoms. The summed E-state index contributed by atoms with van der Waals surface area (Å²) >= 11 is 0. The Bertz CT molecular complexity index is 424. The Morgan fingerprint density at radius 1 is 1.30 bits per heavy atom. The van der Waals surface area contributed by atoms with E-state index in [0.717, 1.165) is 32.4 Å². The normalized spacial score (nSPS) is 19.5. The van der Waals surface area contributed by atoms with Crippen LogP contribution < -0.4 is 5.32 Å². The van der Waals surface area contributed by atoms with E-state index in [4.69, 9.17) is 4.74 Å². The van der Waals surface area contributed by atoms with Crippen molar-refractivity contribution >= 4 is 5.78 Å². The minimum absolute atomic E-state index is 0.0493. The van der Waals surface area contributed by atoms with Crippen LogP contribution in [0, 0.1) is 5.92 Å². The number of hydrogen-bond donors (Lipinski definition) is 1. The number of ketones is 1. The molecule has 0 amide bonds. The maximum absolute atomic E-state index is 13.0. The van der Waals surface area contributed by atoms with E-state index in [9.17, 15) is 4.79 Å². The first-order valence-electron chi connectivity index (χ1n) is 7.50. The third kappa shape index (κ3) is 3.10. The molecule has 0 aromatic heterocycles. The summed E-state index contributed by atoms with van der Waals surface area (Å²) in [6, 6.07) is 10.3. The minimum atomic E-state index is -0.306. The molecule has 0 radical (unpaired) electrons. The van der Waals surface area contributed by atoms with Crippen molar-refractivity contribution in [3.63, 3.8) is 0 Å². The van der Waals surface area contributed by atoms with Gasteiger partial charge in [0.05, 0.1) is 5.41 Å². The van der Waals surface area contributed by atoms with Crippen LogP contribution in [-0.4, -0.2) is 32.6 Å². The summed E-state index contributed by atoms with van der Waals surface area (Å²) in [6.45, 7) is 4.51. The minimum Gasteiger partial charge on any atom is -0.385 e. The first-order chi connectivity index (χ1) is 9.70. The van der Waals surface area contributed by atoms with Crippen LogP contribution in [0.3, 0.4) is 0 Å². The zero-order chi connectivity index (χ0) is 14.4. The fraction of sp³-hybridized carbons (Fsp3) is 0.588. The number of nitrogens with one attached hydrogen (secondary N) is 1. The van der Waals surface area contributed by atoms with Crippen LogP contribution in [0.5, 0.6) is 0 Å². The van der Waals surface area contributed by atoms with Gasteiger partial charge in [-0.15, -0.1) is 0 Å². The van der Waals surface area contributed by atoms with Crippen LogP contribution >= 0.6 is 0 Å². The first kappa shape index (κ1) is 15.2. The molecule has 1 aliphatic rings. The molecule has 1 fully saturated rings. The molecule has 1 unspecified atom stereocenters. The van der Waals surface area contributed by atoms with Gasteiger partial charge in [-0.2, -0.15) is 0 Å². The average Bonchev–Trinajstić information content (AvgIpc) is 2.53. The Labute approximate surface area is 121 Å². The van der Waals surface area contributed by atoms with Gasteiger partial charge >= 0.3 is 0 Å². The summed E-state index contributed by atoms with van der Waals surface area (Å²) in [5.74, 6) is 0.426. The molecular weight excluding hydrogens is 250 g/mol. The highest BCUT2D eigenvalue weighted by atomic mass is 16.5. The van der Waals surface area contributed by atoms with Crippen molar-refractivity contribution in [1.82, 2.24) is 5.32 Å². The topological polar surface area (TPSA) is 38.3 Å². The van der Waals surface area contributed by atoms with E-state index in [-0.39, 0.29) is 11.3 Å². The second-order valence-corrected chi connectivity index (χ2v) is 5.74. The number of rotatable bonds is 6. The fourth-order valence-electron chi connectivity index (χ4n) is 3.19. The number of benzene rings is 1. The van der Waals surface area contributed by atoms with E-state index in [1.807, 2.05) is 25.1 Å². The van der Waals surface area contributed by atoms with E-state index in [0.29, 0.717) is 12.4 Å². The van der Waals surface area contributed by atoms with Gasteiger partial charge < -0.3 is 10.1 Å². The molecule has 3 nitrogen and oxygen atoms in total. The van der Waals surface area contributed by atoms with Crippen molar-refractivity contribution in [2.75, 3.05) is 26.8 Å². The monoisotopic (exact) mass is 275 g/mol. The summed E-state index contributed by atoms with van der Waals surface area (Å²) in [7, 11) is 1.69. The molecule has 0 saturated carbocycles. The number of piperidine rings is 1. The Hall–Kier alpha value is -1.19. The number of Topliss-reactive ketones (excluding diaryl/α,β-unsaturated/α-hetero) is 1. The predicted molar refractivity (Wildman–Crippen MR) is 80.9 cm³/mol. The highest BCUT2D eigenvalue weighted by Crippen LogP contribution is 2.37. The molecule has 1 aromatic rings. The smallest absolute Gasteiger partial charge is 0.146 e. The Balaban J connectivity index is 2.25. The highest BCUT2D eigenvalue weighted by molar-refractivity contribution is 5.92. The van der Waals surface area contributed by atoms with Crippen LogP contribution in [0.4, 0.5) is 0 Å². The van der Waals surface area contributed by atoms with Crippen LogP contribution in [0.1, 0.15) is 31.7 Å². The van der Waals surface area contributed by atoms with Gasteiger partial charge in [0.25, 0.3) is 0 Å². The van der Waals surface area contributed by atoms with Gasteiger partial charge in [-0.25, -0.2) is 0 Å². The third-order valence-corrected chi connectivity index (χ3v) is 4.46. The molecule has 1 aliphatic heterocycles. The molecule has 0 aliphatic carbocycles. The molecule has 20 heavy (non-hydrogen) atoms.